The van der Waals surface area contributed by atoms with Gasteiger partial charge in [-0.1, -0.05) is 12.8 Å². The molecular formula is C23H32N4O4S. The van der Waals surface area contributed by atoms with E-state index >= 15 is 0 Å². The highest BCUT2D eigenvalue weighted by Crippen LogP contribution is 2.29. The Hall–Kier alpha value is -2.65. The van der Waals surface area contributed by atoms with Gasteiger partial charge in [0, 0.05) is 29.2 Å². The topological polar surface area (TPSA) is 128 Å². The van der Waals surface area contributed by atoms with Gasteiger partial charge in [0.15, 0.2) is 5.78 Å². The van der Waals surface area contributed by atoms with Gasteiger partial charge in [0.1, 0.15) is 12.6 Å². The van der Waals surface area contributed by atoms with Crippen LogP contribution in [-0.4, -0.2) is 54.3 Å². The van der Waals surface area contributed by atoms with Crippen molar-refractivity contribution in [1.82, 2.24) is 10.2 Å². The first-order valence-corrected chi connectivity index (χ1v) is 11.9. The molecule has 2 amide bonds. The maximum absolute atomic E-state index is 12.3. The molecule has 3 atom stereocenters. The number of thiophene rings is 1. The van der Waals surface area contributed by atoms with E-state index < -0.39 is 0 Å². The minimum Gasteiger partial charge on any atom is -0.405 e. The first-order valence-electron chi connectivity index (χ1n) is 11.0. The van der Waals surface area contributed by atoms with Gasteiger partial charge in [-0.25, -0.2) is 0 Å². The summed E-state index contributed by atoms with van der Waals surface area (Å²) in [5.41, 5.74) is 11.8. The zero-order chi connectivity index (χ0) is 23.1. The molecule has 0 bridgehead atoms. The summed E-state index contributed by atoms with van der Waals surface area (Å²) in [5, 5.41) is 3.12. The number of Topliss-reactive ketones (excluding diaryl/α,β-unsaturated/α-hetero) is 1. The first kappa shape index (κ1) is 24.0. The van der Waals surface area contributed by atoms with Gasteiger partial charge in [-0.3, -0.25) is 14.4 Å². The van der Waals surface area contributed by atoms with Crippen molar-refractivity contribution in [3.8, 4) is 0 Å². The maximum atomic E-state index is 12.3. The van der Waals surface area contributed by atoms with Crippen LogP contribution in [0.4, 0.5) is 0 Å². The predicted octanol–water partition coefficient (Wildman–Crippen LogP) is 2.01. The van der Waals surface area contributed by atoms with E-state index in [4.69, 9.17) is 16.2 Å². The Labute approximate surface area is 192 Å². The van der Waals surface area contributed by atoms with Crippen molar-refractivity contribution < 1.29 is 19.1 Å². The van der Waals surface area contributed by atoms with Crippen molar-refractivity contribution in [3.63, 3.8) is 0 Å². The summed E-state index contributed by atoms with van der Waals surface area (Å²) in [6.07, 6.45) is 11.2. The predicted molar refractivity (Wildman–Crippen MR) is 125 cm³/mol. The third-order valence-electron chi connectivity index (χ3n) is 6.32. The summed E-state index contributed by atoms with van der Waals surface area (Å²) in [6.45, 7) is 2.94. The molecule has 1 saturated carbocycles. The fraction of sp³-hybridized carbons (Fsp3) is 0.522. The molecule has 0 spiro atoms. The highest BCUT2D eigenvalue weighted by atomic mass is 32.1. The molecule has 1 aliphatic carbocycles. The second-order valence-corrected chi connectivity index (χ2v) is 9.43. The van der Waals surface area contributed by atoms with E-state index in [0.717, 1.165) is 23.3 Å². The van der Waals surface area contributed by atoms with E-state index in [9.17, 15) is 14.4 Å². The number of likely N-dealkylation sites (tertiary alicyclic amines) is 1. The Balaban J connectivity index is 0.000000219. The highest BCUT2D eigenvalue weighted by molar-refractivity contribution is 7.15. The molecule has 2 aliphatic heterocycles. The fourth-order valence-electron chi connectivity index (χ4n) is 4.54. The van der Waals surface area contributed by atoms with Crippen LogP contribution < -0.4 is 16.8 Å². The van der Waals surface area contributed by atoms with Crippen LogP contribution in [0.25, 0.3) is 5.57 Å². The Bertz CT molecular complexity index is 875. The lowest BCUT2D eigenvalue weighted by atomic mass is 10.00. The number of carbonyl (C=O) groups is 3. The summed E-state index contributed by atoms with van der Waals surface area (Å²) in [4.78, 5) is 37.0. The van der Waals surface area contributed by atoms with Crippen LogP contribution in [0.1, 0.15) is 53.6 Å². The van der Waals surface area contributed by atoms with Gasteiger partial charge in [-0.2, -0.15) is 0 Å². The highest BCUT2D eigenvalue weighted by Gasteiger charge is 2.44. The summed E-state index contributed by atoms with van der Waals surface area (Å²) < 4.78 is 5.17. The largest absolute Gasteiger partial charge is 0.405 e. The molecule has 2 saturated heterocycles. The Kier molecular flexibility index (Phi) is 8.46. The number of hydrogen-bond donors (Lipinski definition) is 3. The third-order valence-corrected chi connectivity index (χ3v) is 7.45. The molecule has 3 aliphatic rings. The lowest BCUT2D eigenvalue weighted by Crippen LogP contribution is -2.36. The molecule has 1 aromatic rings. The Morgan fingerprint density at radius 3 is 2.62 bits per heavy atom. The fourth-order valence-corrected chi connectivity index (χ4v) is 5.45. The van der Waals surface area contributed by atoms with Crippen molar-refractivity contribution in [2.75, 3.05) is 13.2 Å². The van der Waals surface area contributed by atoms with Crippen LogP contribution in [0.2, 0.25) is 0 Å². The van der Waals surface area contributed by atoms with Crippen molar-refractivity contribution >= 4 is 35.0 Å². The number of amides is 2. The summed E-state index contributed by atoms with van der Waals surface area (Å²) in [5.74, 6) is 0.659. The maximum Gasteiger partial charge on any atom is 0.261 e. The molecule has 5 N–H and O–H groups in total. The van der Waals surface area contributed by atoms with Gasteiger partial charge >= 0.3 is 0 Å². The lowest BCUT2D eigenvalue weighted by molar-refractivity contribution is -0.127. The summed E-state index contributed by atoms with van der Waals surface area (Å²) in [7, 11) is 0. The quantitative estimate of drug-likeness (QED) is 0.440. The Morgan fingerprint density at radius 2 is 1.97 bits per heavy atom. The standard InChI is InChI=1S/C16H23N3OS.C7H9NO3/c1-11(12-4-2-3-5-12)19-16(20)15-7-6-14(21-15)13(10-18)8-9-17;9-4-8-2-1-6-7(8)5(10)3-11-6/h6-12H,2-5,17-18H2,1H3,(H,19,20);4,6-7H,1-3H2/b9-8-,13-10+;/t;6-,7-/m.1/s1. The average Bonchev–Trinajstić information content (AvgIpc) is 3.59. The SMILES string of the molecule is CC(NC(=O)c1ccc(C(/C=C\N)=C/N)s1)C1CCCC1.O=CN1CC[C@H]2OCC(=O)[C@H]21. The van der Waals surface area contributed by atoms with Gasteiger partial charge in [0.2, 0.25) is 6.41 Å². The smallest absolute Gasteiger partial charge is 0.261 e. The number of fused-ring (bicyclic) bond motifs is 1. The van der Waals surface area contributed by atoms with Crippen LogP contribution in [0.15, 0.2) is 30.6 Å². The Morgan fingerprint density at radius 1 is 1.25 bits per heavy atom. The molecule has 8 nitrogen and oxygen atoms in total. The number of carbonyl (C=O) groups excluding carboxylic acids is 3. The summed E-state index contributed by atoms with van der Waals surface area (Å²) >= 11 is 1.43. The van der Waals surface area contributed by atoms with Crippen LogP contribution in [-0.2, 0) is 14.3 Å². The number of ether oxygens (including phenoxy) is 1. The van der Waals surface area contributed by atoms with Crippen LogP contribution in [0, 0.1) is 5.92 Å². The van der Waals surface area contributed by atoms with Crippen LogP contribution in [0.5, 0.6) is 0 Å². The number of rotatable bonds is 6. The molecule has 1 aromatic heterocycles. The summed E-state index contributed by atoms with van der Waals surface area (Å²) in [6, 6.07) is 3.70. The molecule has 4 rings (SSSR count). The molecule has 3 heterocycles. The normalized spacial score (nSPS) is 24.3. The zero-order valence-electron chi connectivity index (χ0n) is 18.4. The lowest BCUT2D eigenvalue weighted by Gasteiger charge is -2.19. The van der Waals surface area contributed by atoms with Crippen molar-refractivity contribution in [3.05, 3.63) is 40.4 Å². The molecule has 0 aromatic carbocycles. The van der Waals surface area contributed by atoms with E-state index in [-0.39, 0.29) is 36.5 Å². The van der Waals surface area contributed by atoms with Crippen molar-refractivity contribution in [1.29, 1.82) is 0 Å². The monoisotopic (exact) mass is 460 g/mol. The van der Waals surface area contributed by atoms with E-state index in [1.807, 2.05) is 12.1 Å². The van der Waals surface area contributed by atoms with Gasteiger partial charge in [-0.05, 0) is 56.5 Å². The van der Waals surface area contributed by atoms with Gasteiger partial charge in [0.25, 0.3) is 5.91 Å². The van der Waals surface area contributed by atoms with Gasteiger partial charge in [-0.15, -0.1) is 11.3 Å². The number of nitrogens with two attached hydrogens (primary N) is 2. The van der Waals surface area contributed by atoms with Gasteiger partial charge in [0.05, 0.1) is 11.0 Å². The molecular weight excluding hydrogens is 428 g/mol. The van der Waals surface area contributed by atoms with E-state index in [0.29, 0.717) is 17.3 Å². The third kappa shape index (κ3) is 5.58. The molecule has 174 valence electrons. The number of allylic oxidation sites excluding steroid dienone is 2. The van der Waals surface area contributed by atoms with E-state index in [1.165, 1.54) is 54.3 Å². The van der Waals surface area contributed by atoms with Crippen molar-refractivity contribution in [2.24, 2.45) is 17.4 Å². The van der Waals surface area contributed by atoms with E-state index in [2.05, 4.69) is 12.2 Å². The van der Waals surface area contributed by atoms with Gasteiger partial charge < -0.3 is 26.4 Å². The zero-order valence-corrected chi connectivity index (χ0v) is 19.2. The minimum absolute atomic E-state index is 0.00116. The molecule has 3 fully saturated rings. The molecule has 0 radical (unpaired) electrons. The minimum atomic E-state index is -0.271. The second kappa shape index (κ2) is 11.3. The molecule has 1 unspecified atom stereocenters. The number of nitrogens with one attached hydrogen (secondary N) is 1. The van der Waals surface area contributed by atoms with Crippen LogP contribution in [0.3, 0.4) is 0 Å². The first-order chi connectivity index (χ1) is 15.5. The van der Waals surface area contributed by atoms with Crippen LogP contribution >= 0.6 is 11.3 Å². The average molecular weight is 461 g/mol. The number of nitrogens with zero attached hydrogens (tertiary/aromatic N) is 1. The molecule has 32 heavy (non-hydrogen) atoms. The second-order valence-electron chi connectivity index (χ2n) is 8.34. The number of hydrogen-bond acceptors (Lipinski definition) is 7. The molecule has 9 heteroatoms. The van der Waals surface area contributed by atoms with Crippen molar-refractivity contribution in [2.45, 2.75) is 57.2 Å². The van der Waals surface area contributed by atoms with E-state index in [1.54, 1.807) is 6.08 Å². The number of ketones is 1.